The minimum atomic E-state index is -1.22. The summed E-state index contributed by atoms with van der Waals surface area (Å²) in [5.41, 5.74) is 0.658. The largest absolute Gasteiger partial charge is 0.479 e. The molecule has 0 saturated carbocycles. The fourth-order valence-corrected chi connectivity index (χ4v) is 4.04. The molecule has 2 aromatic carbocycles. The molecule has 2 aliphatic rings. The van der Waals surface area contributed by atoms with Crippen LogP contribution in [-0.4, -0.2) is 45.2 Å². The lowest BCUT2D eigenvalue weighted by atomic mass is 9.81. The third-order valence-electron chi connectivity index (χ3n) is 5.50. The van der Waals surface area contributed by atoms with E-state index < -0.39 is 11.5 Å². The van der Waals surface area contributed by atoms with E-state index in [1.165, 1.54) is 9.96 Å². The first-order chi connectivity index (χ1) is 13.1. The summed E-state index contributed by atoms with van der Waals surface area (Å²) in [6.45, 7) is 0.669. The van der Waals surface area contributed by atoms with Crippen LogP contribution in [0.15, 0.2) is 60.7 Å². The van der Waals surface area contributed by atoms with Gasteiger partial charge in [-0.3, -0.25) is 4.84 Å². The van der Waals surface area contributed by atoms with Gasteiger partial charge >= 0.3 is 12.0 Å². The Kier molecular flexibility index (Phi) is 4.58. The SMILES string of the molecule is O=C1N(OCc2ccccc2)C2CC[C@](Cc3ccccc3)(C(=O)O)N1C2. The number of piperidine rings is 1. The molecule has 0 aromatic heterocycles. The molecule has 1 N–H and O–H groups in total. The van der Waals surface area contributed by atoms with Crippen molar-refractivity contribution in [1.29, 1.82) is 0 Å². The van der Waals surface area contributed by atoms with E-state index >= 15 is 0 Å². The molecule has 6 heteroatoms. The zero-order valence-corrected chi connectivity index (χ0v) is 15.0. The number of fused-ring (bicyclic) bond motifs is 2. The van der Waals surface area contributed by atoms with E-state index in [0.717, 1.165) is 11.1 Å². The highest BCUT2D eigenvalue weighted by atomic mass is 16.7. The van der Waals surface area contributed by atoms with Gasteiger partial charge in [0.2, 0.25) is 0 Å². The number of carboxylic acid groups (broad SMARTS) is 1. The standard InChI is InChI=1S/C21H22N2O4/c24-19(25)21(13-16-7-3-1-4-8-16)12-11-18-14-22(21)20(26)23(18)27-15-17-9-5-2-6-10-17/h1-10,18H,11-15H2,(H,24,25)/t18?,21-/m0/s1. The van der Waals surface area contributed by atoms with Crippen LogP contribution in [0.2, 0.25) is 0 Å². The van der Waals surface area contributed by atoms with Gasteiger partial charge in [0.15, 0.2) is 0 Å². The number of carbonyl (C=O) groups is 2. The Morgan fingerprint density at radius 1 is 1.07 bits per heavy atom. The predicted octanol–water partition coefficient (Wildman–Crippen LogP) is 3.08. The molecule has 2 heterocycles. The van der Waals surface area contributed by atoms with Gasteiger partial charge in [0.05, 0.1) is 6.04 Å². The Morgan fingerprint density at radius 2 is 1.70 bits per heavy atom. The van der Waals surface area contributed by atoms with Crippen molar-refractivity contribution in [3.05, 3.63) is 71.8 Å². The van der Waals surface area contributed by atoms with Crippen molar-refractivity contribution in [2.24, 2.45) is 0 Å². The molecule has 2 amide bonds. The molecular formula is C21H22N2O4. The van der Waals surface area contributed by atoms with Crippen LogP contribution in [0, 0.1) is 0 Å². The second kappa shape index (κ2) is 7.04. The van der Waals surface area contributed by atoms with Gasteiger partial charge in [0.1, 0.15) is 12.1 Å². The molecule has 4 rings (SSSR count). The van der Waals surface area contributed by atoms with Crippen molar-refractivity contribution in [2.45, 2.75) is 37.5 Å². The van der Waals surface area contributed by atoms with Crippen LogP contribution >= 0.6 is 0 Å². The summed E-state index contributed by atoms with van der Waals surface area (Å²) in [6, 6.07) is 18.6. The number of aliphatic carboxylic acids is 1. The number of hydrogen-bond donors (Lipinski definition) is 1. The van der Waals surface area contributed by atoms with E-state index in [1.54, 1.807) is 0 Å². The van der Waals surface area contributed by atoms with Crippen molar-refractivity contribution in [3.8, 4) is 0 Å². The summed E-state index contributed by atoms with van der Waals surface area (Å²) >= 11 is 0. The number of urea groups is 1. The predicted molar refractivity (Wildman–Crippen MR) is 98.7 cm³/mol. The molecule has 0 aliphatic carbocycles. The van der Waals surface area contributed by atoms with E-state index in [0.29, 0.717) is 25.8 Å². The number of carbonyl (C=O) groups excluding carboxylic acids is 1. The van der Waals surface area contributed by atoms with Crippen LogP contribution in [0.4, 0.5) is 4.79 Å². The molecule has 2 saturated heterocycles. The Morgan fingerprint density at radius 3 is 2.33 bits per heavy atom. The number of hydroxylamine groups is 2. The molecule has 1 unspecified atom stereocenters. The highest BCUT2D eigenvalue weighted by Gasteiger charge is 2.57. The third-order valence-corrected chi connectivity index (χ3v) is 5.50. The number of amides is 2. The van der Waals surface area contributed by atoms with Crippen molar-refractivity contribution < 1.29 is 19.5 Å². The Bertz CT molecular complexity index is 827. The van der Waals surface area contributed by atoms with E-state index in [-0.39, 0.29) is 18.7 Å². The van der Waals surface area contributed by atoms with E-state index in [4.69, 9.17) is 4.84 Å². The fourth-order valence-electron chi connectivity index (χ4n) is 4.04. The average Bonchev–Trinajstić information content (AvgIpc) is 2.96. The van der Waals surface area contributed by atoms with Crippen molar-refractivity contribution >= 4 is 12.0 Å². The summed E-state index contributed by atoms with van der Waals surface area (Å²) in [5.74, 6) is -0.955. The minimum absolute atomic E-state index is 0.107. The highest BCUT2D eigenvalue weighted by Crippen LogP contribution is 2.39. The molecule has 2 bridgehead atoms. The number of hydrogen-bond acceptors (Lipinski definition) is 3. The van der Waals surface area contributed by atoms with Gasteiger partial charge in [-0.2, -0.15) is 5.06 Å². The highest BCUT2D eigenvalue weighted by molar-refractivity contribution is 5.88. The topological polar surface area (TPSA) is 70.1 Å². The number of rotatable bonds is 6. The van der Waals surface area contributed by atoms with Crippen LogP contribution in [-0.2, 0) is 22.7 Å². The molecule has 2 fully saturated rings. The maximum absolute atomic E-state index is 13.0. The molecule has 2 atom stereocenters. The molecule has 2 aliphatic heterocycles. The quantitative estimate of drug-likeness (QED) is 0.853. The lowest BCUT2D eigenvalue weighted by Gasteiger charge is -2.40. The Labute approximate surface area is 157 Å². The monoisotopic (exact) mass is 366 g/mol. The summed E-state index contributed by atoms with van der Waals surface area (Å²) in [4.78, 5) is 32.5. The van der Waals surface area contributed by atoms with E-state index in [9.17, 15) is 14.7 Å². The van der Waals surface area contributed by atoms with Gasteiger partial charge in [-0.1, -0.05) is 60.7 Å². The Balaban J connectivity index is 1.54. The normalized spacial score (nSPS) is 24.3. The zero-order valence-electron chi connectivity index (χ0n) is 15.0. The first-order valence-electron chi connectivity index (χ1n) is 9.15. The molecule has 0 radical (unpaired) electrons. The summed E-state index contributed by atoms with van der Waals surface area (Å²) < 4.78 is 0. The van der Waals surface area contributed by atoms with Gasteiger partial charge in [0, 0.05) is 13.0 Å². The zero-order chi connectivity index (χ0) is 18.9. The maximum Gasteiger partial charge on any atom is 0.345 e. The third kappa shape index (κ3) is 3.17. The second-order valence-electron chi connectivity index (χ2n) is 7.17. The first kappa shape index (κ1) is 17.5. The number of nitrogens with zero attached hydrogens (tertiary/aromatic N) is 2. The van der Waals surface area contributed by atoms with Crippen LogP contribution in [0.5, 0.6) is 0 Å². The summed E-state index contributed by atoms with van der Waals surface area (Å²) in [6.07, 6.45) is 1.32. The van der Waals surface area contributed by atoms with Crippen LogP contribution < -0.4 is 0 Å². The molecule has 140 valence electrons. The van der Waals surface area contributed by atoms with Gasteiger partial charge in [-0.15, -0.1) is 0 Å². The Hall–Kier alpha value is -2.86. The fraction of sp³-hybridized carbons (Fsp3) is 0.333. The average molecular weight is 366 g/mol. The van der Waals surface area contributed by atoms with Gasteiger partial charge in [0.25, 0.3) is 0 Å². The maximum atomic E-state index is 13.0. The first-order valence-corrected chi connectivity index (χ1v) is 9.15. The smallest absolute Gasteiger partial charge is 0.345 e. The van der Waals surface area contributed by atoms with Crippen LogP contribution in [0.1, 0.15) is 24.0 Å². The van der Waals surface area contributed by atoms with Crippen molar-refractivity contribution in [1.82, 2.24) is 9.96 Å². The summed E-state index contributed by atoms with van der Waals surface area (Å²) in [7, 11) is 0. The summed E-state index contributed by atoms with van der Waals surface area (Å²) in [5, 5.41) is 11.4. The van der Waals surface area contributed by atoms with Crippen LogP contribution in [0.3, 0.4) is 0 Å². The van der Waals surface area contributed by atoms with Gasteiger partial charge in [-0.25, -0.2) is 9.59 Å². The molecule has 6 nitrogen and oxygen atoms in total. The second-order valence-corrected chi connectivity index (χ2v) is 7.17. The van der Waals surface area contributed by atoms with Gasteiger partial charge < -0.3 is 10.0 Å². The number of carboxylic acids is 1. The van der Waals surface area contributed by atoms with Crippen molar-refractivity contribution in [2.75, 3.05) is 6.54 Å². The lowest BCUT2D eigenvalue weighted by Crippen LogP contribution is -2.59. The van der Waals surface area contributed by atoms with Crippen molar-refractivity contribution in [3.63, 3.8) is 0 Å². The molecule has 2 aromatic rings. The molecule has 0 spiro atoms. The minimum Gasteiger partial charge on any atom is -0.479 e. The lowest BCUT2D eigenvalue weighted by molar-refractivity contribution is -0.151. The molecule has 27 heavy (non-hydrogen) atoms. The van der Waals surface area contributed by atoms with E-state index in [2.05, 4.69) is 0 Å². The number of benzene rings is 2. The molecular weight excluding hydrogens is 344 g/mol. The van der Waals surface area contributed by atoms with Gasteiger partial charge in [-0.05, 0) is 24.0 Å². The van der Waals surface area contributed by atoms with E-state index in [1.807, 2.05) is 60.7 Å². The van der Waals surface area contributed by atoms with Crippen LogP contribution in [0.25, 0.3) is 0 Å².